The van der Waals surface area contributed by atoms with Crippen LogP contribution in [0.5, 0.6) is 5.75 Å². The molecule has 2 aromatic rings. The predicted octanol–water partition coefficient (Wildman–Crippen LogP) is 3.81. The molecule has 0 aliphatic heterocycles. The second-order valence-electron chi connectivity index (χ2n) is 7.21. The molecule has 0 aromatic heterocycles. The van der Waals surface area contributed by atoms with E-state index < -0.39 is 0 Å². The lowest BCUT2D eigenvalue weighted by Gasteiger charge is -2.13. The molecule has 0 saturated heterocycles. The van der Waals surface area contributed by atoms with Gasteiger partial charge in [-0.15, -0.1) is 0 Å². The summed E-state index contributed by atoms with van der Waals surface area (Å²) < 4.78 is 5.68. The van der Waals surface area contributed by atoms with Gasteiger partial charge in [0.05, 0.1) is 6.61 Å². The van der Waals surface area contributed by atoms with Crippen LogP contribution in [0, 0.1) is 5.92 Å². The smallest absolute Gasteiger partial charge is 0.224 e. The van der Waals surface area contributed by atoms with Crippen molar-refractivity contribution in [3.05, 3.63) is 60.2 Å². The molecule has 2 aromatic carbocycles. The summed E-state index contributed by atoms with van der Waals surface area (Å²) in [4.78, 5) is 16.2. The molecule has 1 amide bonds. The number of hydrogen-bond acceptors (Lipinski definition) is 3. The van der Waals surface area contributed by atoms with Gasteiger partial charge < -0.3 is 20.7 Å². The molecule has 0 heterocycles. The Morgan fingerprint density at radius 1 is 1.07 bits per heavy atom. The molecule has 0 atom stereocenters. The van der Waals surface area contributed by atoms with E-state index in [2.05, 4.69) is 20.9 Å². The van der Waals surface area contributed by atoms with E-state index >= 15 is 0 Å². The van der Waals surface area contributed by atoms with Crippen molar-refractivity contribution in [3.63, 3.8) is 0 Å². The Kier molecular flexibility index (Phi) is 9.55. The lowest BCUT2D eigenvalue weighted by Crippen LogP contribution is -2.37. The maximum Gasteiger partial charge on any atom is 0.224 e. The minimum absolute atomic E-state index is 0.0420. The van der Waals surface area contributed by atoms with Crippen molar-refractivity contribution in [3.8, 4) is 5.75 Å². The molecule has 0 unspecified atom stereocenters. The minimum Gasteiger partial charge on any atom is -0.494 e. The molecular weight excluding hydrogens is 364 g/mol. The number of benzene rings is 2. The van der Waals surface area contributed by atoms with Crippen LogP contribution in [0.1, 0.15) is 32.3 Å². The summed E-state index contributed by atoms with van der Waals surface area (Å²) in [6.07, 6.45) is 1.39. The van der Waals surface area contributed by atoms with E-state index in [1.165, 1.54) is 0 Å². The van der Waals surface area contributed by atoms with Gasteiger partial charge in [-0.25, -0.2) is 0 Å². The predicted molar refractivity (Wildman–Crippen MR) is 119 cm³/mol. The fourth-order valence-electron chi connectivity index (χ4n) is 2.73. The monoisotopic (exact) mass is 396 g/mol. The first-order chi connectivity index (χ1) is 14.1. The summed E-state index contributed by atoms with van der Waals surface area (Å²) in [6, 6.07) is 17.6. The van der Waals surface area contributed by atoms with Crippen LogP contribution >= 0.6 is 0 Å². The van der Waals surface area contributed by atoms with Gasteiger partial charge in [0.2, 0.25) is 5.91 Å². The molecule has 29 heavy (non-hydrogen) atoms. The number of guanidine groups is 1. The van der Waals surface area contributed by atoms with Crippen molar-refractivity contribution in [2.24, 2.45) is 10.9 Å². The number of hydrogen-bond donors (Lipinski definition) is 3. The van der Waals surface area contributed by atoms with Gasteiger partial charge in [-0.05, 0) is 42.2 Å². The Balaban J connectivity index is 1.70. The van der Waals surface area contributed by atoms with Crippen LogP contribution in [-0.4, -0.2) is 32.1 Å². The van der Waals surface area contributed by atoms with Gasteiger partial charge >= 0.3 is 0 Å². The normalized spacial score (nSPS) is 11.2. The van der Waals surface area contributed by atoms with Crippen LogP contribution in [-0.2, 0) is 11.3 Å². The first kappa shape index (κ1) is 22.3. The number of nitrogens with one attached hydrogen (secondary N) is 3. The summed E-state index contributed by atoms with van der Waals surface area (Å²) in [5, 5.41) is 9.53. The van der Waals surface area contributed by atoms with E-state index in [-0.39, 0.29) is 5.91 Å². The Morgan fingerprint density at radius 2 is 1.86 bits per heavy atom. The lowest BCUT2D eigenvalue weighted by molar-refractivity contribution is -0.116. The number of anilines is 1. The topological polar surface area (TPSA) is 74.8 Å². The van der Waals surface area contributed by atoms with Crippen LogP contribution in [0.4, 0.5) is 5.69 Å². The lowest BCUT2D eigenvalue weighted by atomic mass is 10.1. The first-order valence-corrected chi connectivity index (χ1v) is 10.1. The molecule has 6 nitrogen and oxygen atoms in total. The van der Waals surface area contributed by atoms with Gasteiger partial charge in [0.1, 0.15) is 5.75 Å². The molecule has 6 heteroatoms. The third-order valence-electron chi connectivity index (χ3n) is 4.11. The maximum absolute atomic E-state index is 11.9. The van der Waals surface area contributed by atoms with Crippen molar-refractivity contribution in [2.45, 2.75) is 33.2 Å². The highest BCUT2D eigenvalue weighted by Gasteiger charge is 2.06. The number of ether oxygens (including phenoxy) is 1. The Bertz CT molecular complexity index is 775. The van der Waals surface area contributed by atoms with Crippen LogP contribution in [0.15, 0.2) is 59.6 Å². The SMILES string of the molecule is CN=C(NCCCOc1ccccc1)NCc1cccc(NC(=O)CC(C)C)c1. The molecule has 0 fully saturated rings. The quantitative estimate of drug-likeness (QED) is 0.324. The average molecular weight is 397 g/mol. The second-order valence-corrected chi connectivity index (χ2v) is 7.21. The second kappa shape index (κ2) is 12.4. The van der Waals surface area contributed by atoms with Crippen LogP contribution in [0.25, 0.3) is 0 Å². The first-order valence-electron chi connectivity index (χ1n) is 10.1. The minimum atomic E-state index is 0.0420. The van der Waals surface area contributed by atoms with E-state index in [9.17, 15) is 4.79 Å². The number of aliphatic imine (C=N–C) groups is 1. The molecular formula is C23H32N4O2. The molecule has 0 aliphatic carbocycles. The van der Waals surface area contributed by atoms with Gasteiger partial charge in [-0.1, -0.05) is 44.2 Å². The molecule has 0 saturated carbocycles. The van der Waals surface area contributed by atoms with E-state index in [4.69, 9.17) is 4.74 Å². The van der Waals surface area contributed by atoms with E-state index in [1.54, 1.807) is 7.05 Å². The Hall–Kier alpha value is -3.02. The summed E-state index contributed by atoms with van der Waals surface area (Å²) in [5.74, 6) is 2.00. The summed E-state index contributed by atoms with van der Waals surface area (Å²) in [6.45, 7) is 6.09. The van der Waals surface area contributed by atoms with E-state index in [0.29, 0.717) is 25.5 Å². The number of para-hydroxylation sites is 1. The zero-order valence-electron chi connectivity index (χ0n) is 17.6. The number of amides is 1. The van der Waals surface area contributed by atoms with Crippen molar-refractivity contribution < 1.29 is 9.53 Å². The summed E-state index contributed by atoms with van der Waals surface area (Å²) in [5.41, 5.74) is 1.89. The van der Waals surface area contributed by atoms with Gasteiger partial charge in [-0.2, -0.15) is 0 Å². The third-order valence-corrected chi connectivity index (χ3v) is 4.11. The number of rotatable bonds is 10. The maximum atomic E-state index is 11.9. The molecule has 156 valence electrons. The number of carbonyl (C=O) groups excluding carboxylic acids is 1. The van der Waals surface area contributed by atoms with Crippen molar-refractivity contribution in [1.82, 2.24) is 10.6 Å². The summed E-state index contributed by atoms with van der Waals surface area (Å²) in [7, 11) is 1.75. The Morgan fingerprint density at radius 3 is 2.59 bits per heavy atom. The number of carbonyl (C=O) groups is 1. The van der Waals surface area contributed by atoms with Crippen molar-refractivity contribution >= 4 is 17.6 Å². The zero-order chi connectivity index (χ0) is 20.9. The van der Waals surface area contributed by atoms with Crippen LogP contribution < -0.4 is 20.7 Å². The highest BCUT2D eigenvalue weighted by atomic mass is 16.5. The molecule has 3 N–H and O–H groups in total. The van der Waals surface area contributed by atoms with Gasteiger partial charge in [0.25, 0.3) is 0 Å². The zero-order valence-corrected chi connectivity index (χ0v) is 17.6. The van der Waals surface area contributed by atoms with Crippen LogP contribution in [0.2, 0.25) is 0 Å². The fourth-order valence-corrected chi connectivity index (χ4v) is 2.73. The van der Waals surface area contributed by atoms with Crippen molar-refractivity contribution in [2.75, 3.05) is 25.5 Å². The molecule has 0 bridgehead atoms. The molecule has 2 rings (SSSR count). The molecule has 0 aliphatic rings. The largest absolute Gasteiger partial charge is 0.494 e. The fraction of sp³-hybridized carbons (Fsp3) is 0.391. The van der Waals surface area contributed by atoms with Gasteiger partial charge in [0, 0.05) is 32.2 Å². The Labute approximate surface area is 173 Å². The highest BCUT2D eigenvalue weighted by molar-refractivity contribution is 5.90. The average Bonchev–Trinajstić information content (AvgIpc) is 2.70. The van der Waals surface area contributed by atoms with E-state index in [1.807, 2.05) is 68.4 Å². The molecule has 0 spiro atoms. The third kappa shape index (κ3) is 9.14. The highest BCUT2D eigenvalue weighted by Crippen LogP contribution is 2.12. The number of nitrogens with zero attached hydrogens (tertiary/aromatic N) is 1. The van der Waals surface area contributed by atoms with Gasteiger partial charge in [0.15, 0.2) is 5.96 Å². The summed E-state index contributed by atoms with van der Waals surface area (Å²) >= 11 is 0. The van der Waals surface area contributed by atoms with Crippen LogP contribution in [0.3, 0.4) is 0 Å². The van der Waals surface area contributed by atoms with Crippen molar-refractivity contribution in [1.29, 1.82) is 0 Å². The molecule has 0 radical (unpaired) electrons. The van der Waals surface area contributed by atoms with E-state index in [0.717, 1.165) is 35.9 Å². The standard InChI is InChI=1S/C23H32N4O2/c1-18(2)15-22(28)27-20-10-7-9-19(16-20)17-26-23(24-3)25-13-8-14-29-21-11-5-4-6-12-21/h4-7,9-12,16,18H,8,13-15,17H2,1-3H3,(H,27,28)(H2,24,25,26). The van der Waals surface area contributed by atoms with Gasteiger partial charge in [-0.3, -0.25) is 9.79 Å².